The molecule has 1 aromatic rings. The average Bonchev–Trinajstić information content (AvgIpc) is 3.72. The first-order valence-electron chi connectivity index (χ1n) is 18.8. The van der Waals surface area contributed by atoms with E-state index in [1.807, 2.05) is 59.7 Å². The maximum absolute atomic E-state index is 14.3. The van der Waals surface area contributed by atoms with Crippen molar-refractivity contribution in [2.75, 3.05) is 27.7 Å². The van der Waals surface area contributed by atoms with E-state index in [1.165, 1.54) is 11.8 Å². The molecule has 1 N–H and O–H groups in total. The zero-order valence-electron chi connectivity index (χ0n) is 32.7. The summed E-state index contributed by atoms with van der Waals surface area (Å²) in [6, 6.07) is 3.35. The van der Waals surface area contributed by atoms with Crippen LogP contribution in [-0.2, 0) is 39.7 Å². The topological polar surface area (TPSA) is 140 Å². The number of hydrazine groups is 1. The zero-order chi connectivity index (χ0) is 38.3. The standard InChI is InChI=1S/C38H60N4O9S/c1-12-28-38(8)32-23(4)29(39-41(42(32)36(46)51-38)17-13-15-26-16-14-18-52-26)21(2)20-37(7,47-11)33(24(5)30(43)25(6)34(45)49-28)50-35-31(44)27(40(9)10)19-22(3)48-35/h14,16,18,21-25,27-28,31-33,35,44H,12-13,15,17,19-20H2,1-11H3/t21-,22+,23-,24-,25+,27-,28-,31+,32-,33+,35-,37?,38-/m1/s1. The van der Waals surface area contributed by atoms with Gasteiger partial charge in [0.15, 0.2) is 17.7 Å². The Morgan fingerprint density at radius 2 is 1.83 bits per heavy atom. The van der Waals surface area contributed by atoms with Crippen molar-refractivity contribution in [3.8, 4) is 0 Å². The molecular formula is C38H60N4O9S. The fourth-order valence-electron chi connectivity index (χ4n) is 8.97. The molecule has 0 saturated carbocycles. The second-order valence-electron chi connectivity index (χ2n) is 15.9. The minimum absolute atomic E-state index is 0.213. The van der Waals surface area contributed by atoms with Crippen LogP contribution >= 0.6 is 11.3 Å². The number of likely N-dealkylation sites (N-methyl/N-ethyl adjacent to an activating group) is 1. The molecule has 5 heterocycles. The van der Waals surface area contributed by atoms with Crippen LogP contribution in [0.25, 0.3) is 0 Å². The van der Waals surface area contributed by atoms with E-state index in [-0.39, 0.29) is 24.0 Å². The summed E-state index contributed by atoms with van der Waals surface area (Å²) < 4.78 is 31.6. The normalized spacial score (nSPS) is 40.4. The molecule has 52 heavy (non-hydrogen) atoms. The van der Waals surface area contributed by atoms with Crippen LogP contribution in [0, 0.1) is 23.7 Å². The number of ether oxygens (including phenoxy) is 5. The average molecular weight is 749 g/mol. The summed E-state index contributed by atoms with van der Waals surface area (Å²) in [6.45, 7) is 15.4. The van der Waals surface area contributed by atoms with E-state index < -0.39 is 71.5 Å². The lowest BCUT2D eigenvalue weighted by Gasteiger charge is -2.49. The summed E-state index contributed by atoms with van der Waals surface area (Å²) in [5.74, 6) is -3.63. The number of nitrogens with zero attached hydrogens (tertiary/aromatic N) is 4. The maximum atomic E-state index is 14.3. The van der Waals surface area contributed by atoms with Gasteiger partial charge in [-0.05, 0) is 91.3 Å². The van der Waals surface area contributed by atoms with Crippen LogP contribution in [-0.4, -0.2) is 125 Å². The second kappa shape index (κ2) is 16.0. The highest BCUT2D eigenvalue weighted by molar-refractivity contribution is 7.09. The Hall–Kier alpha value is -2.62. The number of cyclic esters (lactones) is 1. The predicted molar refractivity (Wildman–Crippen MR) is 196 cm³/mol. The monoisotopic (exact) mass is 748 g/mol. The Balaban J connectivity index is 1.58. The molecule has 5 rings (SSSR count). The van der Waals surface area contributed by atoms with Crippen LogP contribution < -0.4 is 0 Å². The van der Waals surface area contributed by atoms with E-state index in [1.54, 1.807) is 35.5 Å². The number of Topliss-reactive ketones (excluding diaryl/α,β-unsaturated/α-hetero) is 1. The zero-order valence-corrected chi connectivity index (χ0v) is 33.6. The molecule has 0 radical (unpaired) electrons. The largest absolute Gasteiger partial charge is 0.457 e. The summed E-state index contributed by atoms with van der Waals surface area (Å²) >= 11 is 1.70. The van der Waals surface area contributed by atoms with Crippen LogP contribution in [0.2, 0.25) is 0 Å². The Labute approximate surface area is 312 Å². The molecule has 0 spiro atoms. The van der Waals surface area contributed by atoms with E-state index in [0.29, 0.717) is 25.8 Å². The number of hydrogen-bond donors (Lipinski definition) is 1. The van der Waals surface area contributed by atoms with Crippen molar-refractivity contribution < 1.29 is 43.2 Å². The Morgan fingerprint density at radius 3 is 2.44 bits per heavy atom. The van der Waals surface area contributed by atoms with Gasteiger partial charge in [0.2, 0.25) is 0 Å². The quantitative estimate of drug-likeness (QED) is 0.273. The lowest BCUT2D eigenvalue weighted by Crippen LogP contribution is -2.63. The van der Waals surface area contributed by atoms with Gasteiger partial charge in [-0.2, -0.15) is 15.2 Å². The van der Waals surface area contributed by atoms with Gasteiger partial charge in [-0.3, -0.25) is 9.59 Å². The molecule has 1 unspecified atom stereocenters. The molecule has 1 aromatic heterocycles. The number of aliphatic hydroxyl groups is 1. The van der Waals surface area contributed by atoms with Crippen molar-refractivity contribution in [2.24, 2.45) is 28.8 Å². The van der Waals surface area contributed by atoms with Crippen molar-refractivity contribution >= 4 is 34.9 Å². The highest BCUT2D eigenvalue weighted by atomic mass is 32.1. The predicted octanol–water partition coefficient (Wildman–Crippen LogP) is 4.90. The van der Waals surface area contributed by atoms with E-state index >= 15 is 0 Å². The third kappa shape index (κ3) is 7.66. The molecule has 13 nitrogen and oxygen atoms in total. The number of carbonyl (C=O) groups excluding carboxylic acids is 3. The maximum Gasteiger partial charge on any atom is 0.431 e. The number of hydrazone groups is 1. The summed E-state index contributed by atoms with van der Waals surface area (Å²) in [5, 5.41) is 22.0. The van der Waals surface area contributed by atoms with Crippen LogP contribution in [0.15, 0.2) is 22.6 Å². The number of ketones is 1. The van der Waals surface area contributed by atoms with E-state index in [9.17, 15) is 19.5 Å². The van der Waals surface area contributed by atoms with Crippen molar-refractivity contribution in [3.63, 3.8) is 0 Å². The number of aryl methyl sites for hydroxylation is 1. The number of rotatable bonds is 9. The van der Waals surface area contributed by atoms with Crippen LogP contribution in [0.4, 0.5) is 4.79 Å². The summed E-state index contributed by atoms with van der Waals surface area (Å²) in [4.78, 5) is 45.2. The van der Waals surface area contributed by atoms with Crippen molar-refractivity contribution in [2.45, 2.75) is 141 Å². The Morgan fingerprint density at radius 1 is 1.12 bits per heavy atom. The van der Waals surface area contributed by atoms with Crippen molar-refractivity contribution in [3.05, 3.63) is 22.4 Å². The van der Waals surface area contributed by atoms with Gasteiger partial charge in [-0.15, -0.1) is 11.3 Å². The molecule has 0 aromatic carbocycles. The number of esters is 1. The van der Waals surface area contributed by atoms with E-state index in [4.69, 9.17) is 28.8 Å². The highest BCUT2D eigenvalue weighted by Crippen LogP contribution is 2.45. The second-order valence-corrected chi connectivity index (χ2v) is 17.0. The first-order chi connectivity index (χ1) is 24.5. The van der Waals surface area contributed by atoms with Gasteiger partial charge in [0.1, 0.15) is 24.2 Å². The number of thiophene rings is 1. The molecule has 13 atom stereocenters. The molecule has 3 fully saturated rings. The summed E-state index contributed by atoms with van der Waals surface area (Å²) in [6.07, 6.45) is -1.64. The van der Waals surface area contributed by atoms with Crippen LogP contribution in [0.1, 0.15) is 86.0 Å². The lowest BCUT2D eigenvalue weighted by molar-refractivity contribution is -0.295. The molecule has 4 aliphatic rings. The first-order valence-corrected chi connectivity index (χ1v) is 19.7. The Bertz CT molecular complexity index is 1460. The summed E-state index contributed by atoms with van der Waals surface area (Å²) in [5.41, 5.74) is -1.50. The minimum atomic E-state index is -1.23. The molecule has 4 aliphatic heterocycles. The smallest absolute Gasteiger partial charge is 0.431 e. The molecule has 0 aliphatic carbocycles. The minimum Gasteiger partial charge on any atom is -0.457 e. The van der Waals surface area contributed by atoms with Gasteiger partial charge < -0.3 is 33.7 Å². The van der Waals surface area contributed by atoms with Crippen molar-refractivity contribution in [1.82, 2.24) is 15.0 Å². The SMILES string of the molecule is CC[C@H]1OC(=O)[C@@H](C)C(=O)[C@@H](C)[C@H](O[C@H]2O[C@@H](C)C[C@@H](N(C)C)[C@@H]2O)C(C)(OC)C[C@@H](C)C2=NN(CCCc3cccs3)N3C(=O)O[C@@]1(C)[C@H]3[C@@H]2C. The third-order valence-electron chi connectivity index (χ3n) is 11.9. The van der Waals surface area contributed by atoms with E-state index in [0.717, 1.165) is 18.6 Å². The molecule has 3 saturated heterocycles. The van der Waals surface area contributed by atoms with Gasteiger partial charge in [0.05, 0.1) is 24.4 Å². The number of aliphatic hydroxyl groups excluding tert-OH is 1. The van der Waals surface area contributed by atoms with Crippen LogP contribution in [0.5, 0.6) is 0 Å². The molecule has 292 valence electrons. The number of hydrogen-bond acceptors (Lipinski definition) is 13. The summed E-state index contributed by atoms with van der Waals surface area (Å²) in [7, 11) is 5.39. The van der Waals surface area contributed by atoms with Gasteiger partial charge in [-0.25, -0.2) is 4.79 Å². The molecule has 2 bridgehead atoms. The number of fused-ring (bicyclic) bond motifs is 1. The van der Waals surface area contributed by atoms with Gasteiger partial charge in [0, 0.05) is 35.6 Å². The molecule has 14 heteroatoms. The number of methoxy groups -OCH3 is 1. The molecular weight excluding hydrogens is 689 g/mol. The third-order valence-corrected chi connectivity index (χ3v) is 12.9. The first kappa shape index (κ1) is 40.6. The Kier molecular flexibility index (Phi) is 12.5. The lowest BCUT2D eigenvalue weighted by atomic mass is 9.73. The number of amides is 1. The van der Waals surface area contributed by atoms with Gasteiger partial charge >= 0.3 is 12.1 Å². The number of carbonyl (C=O) groups is 3. The van der Waals surface area contributed by atoms with Gasteiger partial charge in [0.25, 0.3) is 0 Å². The molecule has 1 amide bonds. The highest BCUT2D eigenvalue weighted by Gasteiger charge is 2.63. The fourth-order valence-corrected chi connectivity index (χ4v) is 9.72. The van der Waals surface area contributed by atoms with Crippen LogP contribution in [0.3, 0.4) is 0 Å². The van der Waals surface area contributed by atoms with E-state index in [2.05, 4.69) is 18.4 Å². The van der Waals surface area contributed by atoms with Gasteiger partial charge in [-0.1, -0.05) is 33.8 Å². The van der Waals surface area contributed by atoms with Crippen molar-refractivity contribution in [1.29, 1.82) is 0 Å². The fraction of sp³-hybridized carbons (Fsp3) is 0.789.